The summed E-state index contributed by atoms with van der Waals surface area (Å²) in [5, 5.41) is 3.51. The average Bonchev–Trinajstić information content (AvgIpc) is 2.33. The van der Waals surface area contributed by atoms with Gasteiger partial charge in [-0.05, 0) is 57.2 Å². The molecule has 0 amide bonds. The first-order valence-corrected chi connectivity index (χ1v) is 6.94. The van der Waals surface area contributed by atoms with E-state index in [1.165, 1.54) is 43.2 Å². The van der Waals surface area contributed by atoms with Crippen molar-refractivity contribution in [3.63, 3.8) is 0 Å². The Morgan fingerprint density at radius 3 is 2.65 bits per heavy atom. The summed E-state index contributed by atoms with van der Waals surface area (Å²) in [5.74, 6) is 0.829. The lowest BCUT2D eigenvalue weighted by atomic mass is 9.80. The number of benzene rings is 1. The van der Waals surface area contributed by atoms with E-state index >= 15 is 0 Å². The van der Waals surface area contributed by atoms with Crippen LogP contribution in [0.4, 0.5) is 0 Å². The maximum Gasteiger partial charge on any atom is 0.00955 e. The zero-order valence-corrected chi connectivity index (χ0v) is 11.4. The van der Waals surface area contributed by atoms with Crippen LogP contribution in [0.2, 0.25) is 0 Å². The first kappa shape index (κ1) is 12.6. The fraction of sp³-hybridized carbons (Fsp3) is 0.625. The van der Waals surface area contributed by atoms with Crippen molar-refractivity contribution in [1.29, 1.82) is 0 Å². The molecule has 1 aliphatic rings. The summed E-state index contributed by atoms with van der Waals surface area (Å²) < 4.78 is 0. The molecule has 1 fully saturated rings. The number of nitrogens with one attached hydrogen (secondary N) is 1. The lowest BCUT2D eigenvalue weighted by Gasteiger charge is -2.31. The van der Waals surface area contributed by atoms with E-state index in [2.05, 4.69) is 44.4 Å². The van der Waals surface area contributed by atoms with Gasteiger partial charge in [0.2, 0.25) is 0 Å². The minimum absolute atomic E-state index is 0.726. The Morgan fingerprint density at radius 1 is 1.18 bits per heavy atom. The van der Waals surface area contributed by atoms with E-state index in [0.717, 1.165) is 12.0 Å². The molecule has 2 atom stereocenters. The largest absolute Gasteiger partial charge is 0.317 e. The molecule has 0 aromatic heterocycles. The number of aryl methyl sites for hydroxylation is 2. The topological polar surface area (TPSA) is 12.0 Å². The van der Waals surface area contributed by atoms with Crippen molar-refractivity contribution < 1.29 is 0 Å². The molecule has 0 spiro atoms. The van der Waals surface area contributed by atoms with Crippen LogP contribution in [0.3, 0.4) is 0 Å². The second kappa shape index (κ2) is 5.68. The molecule has 2 unspecified atom stereocenters. The molecule has 1 saturated carbocycles. The molecule has 1 aliphatic carbocycles. The van der Waals surface area contributed by atoms with Crippen molar-refractivity contribution in [3.05, 3.63) is 34.9 Å². The molecule has 1 heteroatoms. The molecule has 0 heterocycles. The van der Waals surface area contributed by atoms with Crippen LogP contribution in [-0.4, -0.2) is 13.1 Å². The Hall–Kier alpha value is -0.820. The van der Waals surface area contributed by atoms with E-state index in [0.29, 0.717) is 0 Å². The average molecular weight is 231 g/mol. The molecule has 17 heavy (non-hydrogen) atoms. The van der Waals surface area contributed by atoms with E-state index in [9.17, 15) is 0 Å². The van der Waals surface area contributed by atoms with Crippen molar-refractivity contribution >= 4 is 0 Å². The first-order valence-electron chi connectivity index (χ1n) is 6.94. The van der Waals surface area contributed by atoms with Crippen molar-refractivity contribution in [2.24, 2.45) is 5.92 Å². The predicted octanol–water partition coefficient (Wildman–Crippen LogP) is 3.62. The maximum absolute atomic E-state index is 3.51. The quantitative estimate of drug-likeness (QED) is 0.837. The third-order valence-corrected chi connectivity index (χ3v) is 4.26. The van der Waals surface area contributed by atoms with Crippen LogP contribution in [0.1, 0.15) is 42.4 Å². The van der Waals surface area contributed by atoms with E-state index in [-0.39, 0.29) is 0 Å². The van der Waals surface area contributed by atoms with Gasteiger partial charge in [0.15, 0.2) is 0 Å². The third kappa shape index (κ3) is 3.10. The highest BCUT2D eigenvalue weighted by Gasteiger charge is 2.24. The molecular weight excluding hydrogens is 206 g/mol. The second-order valence-electron chi connectivity index (χ2n) is 5.57. The van der Waals surface area contributed by atoms with Gasteiger partial charge in [-0.15, -0.1) is 0 Å². The highest BCUT2D eigenvalue weighted by atomic mass is 14.9. The normalized spacial score (nSPS) is 24.9. The number of hydrogen-bond acceptors (Lipinski definition) is 1. The summed E-state index contributed by atoms with van der Waals surface area (Å²) in [6, 6.07) is 7.61. The molecule has 0 radical (unpaired) electrons. The van der Waals surface area contributed by atoms with Gasteiger partial charge in [0.05, 0.1) is 0 Å². The van der Waals surface area contributed by atoms with Crippen LogP contribution in [-0.2, 0) is 6.42 Å². The molecule has 0 saturated heterocycles. The minimum atomic E-state index is 0.726. The fourth-order valence-corrected chi connectivity index (χ4v) is 3.19. The molecule has 1 aromatic carbocycles. The number of hydrogen-bond donors (Lipinski definition) is 1. The van der Waals surface area contributed by atoms with Crippen LogP contribution in [0, 0.1) is 19.8 Å². The van der Waals surface area contributed by atoms with Gasteiger partial charge in [-0.2, -0.15) is 0 Å². The summed E-state index contributed by atoms with van der Waals surface area (Å²) >= 11 is 0. The third-order valence-electron chi connectivity index (χ3n) is 4.26. The van der Waals surface area contributed by atoms with Gasteiger partial charge in [-0.1, -0.05) is 36.6 Å². The van der Waals surface area contributed by atoms with Crippen LogP contribution >= 0.6 is 0 Å². The predicted molar refractivity (Wildman–Crippen MR) is 74.4 cm³/mol. The van der Waals surface area contributed by atoms with Crippen LogP contribution < -0.4 is 5.32 Å². The molecule has 94 valence electrons. The van der Waals surface area contributed by atoms with Crippen molar-refractivity contribution in [2.45, 2.75) is 52.0 Å². The number of rotatable bonds is 3. The zero-order valence-electron chi connectivity index (χ0n) is 11.4. The van der Waals surface area contributed by atoms with Crippen molar-refractivity contribution in [1.82, 2.24) is 5.32 Å². The van der Waals surface area contributed by atoms with Crippen LogP contribution in [0.15, 0.2) is 18.2 Å². The van der Waals surface area contributed by atoms with E-state index in [1.54, 1.807) is 5.56 Å². The van der Waals surface area contributed by atoms with Gasteiger partial charge in [0.25, 0.3) is 0 Å². The molecular formula is C16H25N. The lowest BCUT2D eigenvalue weighted by Crippen LogP contribution is -2.37. The molecule has 1 nitrogen and oxygen atoms in total. The highest BCUT2D eigenvalue weighted by Crippen LogP contribution is 2.28. The van der Waals surface area contributed by atoms with Crippen molar-refractivity contribution in [3.8, 4) is 0 Å². The van der Waals surface area contributed by atoms with Crippen LogP contribution in [0.25, 0.3) is 0 Å². The minimum Gasteiger partial charge on any atom is -0.317 e. The second-order valence-corrected chi connectivity index (χ2v) is 5.57. The fourth-order valence-electron chi connectivity index (χ4n) is 3.19. The monoisotopic (exact) mass is 231 g/mol. The summed E-state index contributed by atoms with van der Waals surface area (Å²) in [5.41, 5.74) is 4.38. The van der Waals surface area contributed by atoms with Gasteiger partial charge < -0.3 is 5.32 Å². The van der Waals surface area contributed by atoms with Crippen LogP contribution in [0.5, 0.6) is 0 Å². The van der Waals surface area contributed by atoms with Gasteiger partial charge >= 0.3 is 0 Å². The molecule has 1 N–H and O–H groups in total. The molecule has 2 rings (SSSR count). The zero-order chi connectivity index (χ0) is 12.3. The first-order chi connectivity index (χ1) is 8.20. The summed E-state index contributed by atoms with van der Waals surface area (Å²) in [4.78, 5) is 0. The Bertz CT molecular complexity index is 370. The smallest absolute Gasteiger partial charge is 0.00955 e. The molecule has 0 bridgehead atoms. The van der Waals surface area contributed by atoms with Gasteiger partial charge in [0.1, 0.15) is 0 Å². The van der Waals surface area contributed by atoms with Gasteiger partial charge in [-0.25, -0.2) is 0 Å². The molecule has 0 aliphatic heterocycles. The van der Waals surface area contributed by atoms with Crippen molar-refractivity contribution in [2.75, 3.05) is 7.05 Å². The van der Waals surface area contributed by atoms with Gasteiger partial charge in [-0.3, -0.25) is 0 Å². The SMILES string of the molecule is CNC1CCCCC1Cc1ccc(C)cc1C. The Balaban J connectivity index is 2.08. The lowest BCUT2D eigenvalue weighted by molar-refractivity contribution is 0.272. The Kier molecular flexibility index (Phi) is 4.22. The Morgan fingerprint density at radius 2 is 1.94 bits per heavy atom. The van der Waals surface area contributed by atoms with E-state index in [4.69, 9.17) is 0 Å². The van der Waals surface area contributed by atoms with Gasteiger partial charge in [0, 0.05) is 6.04 Å². The standard InChI is InChI=1S/C16H25N/c1-12-8-9-14(13(2)10-12)11-15-6-4-5-7-16(15)17-3/h8-10,15-17H,4-7,11H2,1-3H3. The van der Waals surface area contributed by atoms with E-state index in [1.807, 2.05) is 0 Å². The summed E-state index contributed by atoms with van der Waals surface area (Å²) in [6.45, 7) is 4.42. The summed E-state index contributed by atoms with van der Waals surface area (Å²) in [6.07, 6.45) is 6.80. The highest BCUT2D eigenvalue weighted by molar-refractivity contribution is 5.30. The molecule has 1 aromatic rings. The Labute approximate surface area is 106 Å². The maximum atomic E-state index is 3.51. The van der Waals surface area contributed by atoms with E-state index < -0.39 is 0 Å². The summed E-state index contributed by atoms with van der Waals surface area (Å²) in [7, 11) is 2.12.